The molecular formula is C14H18ClNO2. The highest BCUT2D eigenvalue weighted by Crippen LogP contribution is 2.33. The van der Waals surface area contributed by atoms with Crippen molar-refractivity contribution in [1.82, 2.24) is 4.98 Å². The van der Waals surface area contributed by atoms with E-state index in [1.807, 2.05) is 18.2 Å². The molecule has 0 bridgehead atoms. The molecule has 3 nitrogen and oxygen atoms in total. The summed E-state index contributed by atoms with van der Waals surface area (Å²) in [5.74, 6) is -0.0120. The van der Waals surface area contributed by atoms with Crippen molar-refractivity contribution in [2.45, 2.75) is 38.5 Å². The average molecular weight is 268 g/mol. The number of aromatic amines is 1. The Balaban J connectivity index is 2.21. The Bertz CT molecular complexity index is 572. The maximum atomic E-state index is 11.1. The van der Waals surface area contributed by atoms with Crippen LogP contribution in [0, 0.1) is 5.92 Å². The van der Waals surface area contributed by atoms with Crippen molar-refractivity contribution >= 4 is 22.7 Å². The minimum atomic E-state index is -0.424. The maximum Gasteiger partial charge on any atom is 0.417 e. The lowest BCUT2D eigenvalue weighted by molar-refractivity contribution is 0.490. The highest BCUT2D eigenvalue weighted by Gasteiger charge is 2.17. The Morgan fingerprint density at radius 3 is 2.94 bits per heavy atom. The molecule has 18 heavy (non-hydrogen) atoms. The third-order valence-corrected chi connectivity index (χ3v) is 3.96. The van der Waals surface area contributed by atoms with E-state index in [4.69, 9.17) is 16.0 Å². The van der Waals surface area contributed by atoms with E-state index in [9.17, 15) is 4.79 Å². The summed E-state index contributed by atoms with van der Waals surface area (Å²) in [7, 11) is 0. The van der Waals surface area contributed by atoms with Crippen LogP contribution in [0.2, 0.25) is 0 Å². The van der Waals surface area contributed by atoms with Gasteiger partial charge in [-0.2, -0.15) is 0 Å². The van der Waals surface area contributed by atoms with Crippen LogP contribution in [0.1, 0.15) is 44.1 Å². The molecular weight excluding hydrogens is 250 g/mol. The summed E-state index contributed by atoms with van der Waals surface area (Å²) in [6.45, 7) is 4.33. The van der Waals surface area contributed by atoms with E-state index < -0.39 is 5.76 Å². The van der Waals surface area contributed by atoms with Gasteiger partial charge in [0.15, 0.2) is 5.58 Å². The predicted octanol–water partition coefficient (Wildman–Crippen LogP) is 4.23. The highest BCUT2D eigenvalue weighted by molar-refractivity contribution is 6.21. The number of aromatic nitrogens is 1. The molecule has 0 saturated heterocycles. The van der Waals surface area contributed by atoms with Crippen LogP contribution in [-0.2, 0) is 0 Å². The Kier molecular flexibility index (Phi) is 4.12. The monoisotopic (exact) mass is 267 g/mol. The lowest BCUT2D eigenvalue weighted by atomic mass is 9.95. The van der Waals surface area contributed by atoms with Crippen LogP contribution in [0.3, 0.4) is 0 Å². The molecule has 0 saturated carbocycles. The van der Waals surface area contributed by atoms with Gasteiger partial charge in [0.2, 0.25) is 0 Å². The molecule has 4 heteroatoms. The van der Waals surface area contributed by atoms with Gasteiger partial charge >= 0.3 is 5.76 Å². The number of rotatable bonds is 5. The molecule has 0 fully saturated rings. The second kappa shape index (κ2) is 5.61. The summed E-state index contributed by atoms with van der Waals surface area (Å²) in [6, 6.07) is 5.65. The lowest BCUT2D eigenvalue weighted by Gasteiger charge is -2.17. The zero-order chi connectivity index (χ0) is 13.1. The van der Waals surface area contributed by atoms with Crippen molar-refractivity contribution < 1.29 is 4.42 Å². The molecule has 0 aliphatic rings. The van der Waals surface area contributed by atoms with Crippen LogP contribution in [-0.4, -0.2) is 4.98 Å². The minimum Gasteiger partial charge on any atom is -0.408 e. The van der Waals surface area contributed by atoms with Gasteiger partial charge in [0.1, 0.15) is 0 Å². The van der Waals surface area contributed by atoms with Crippen LogP contribution in [0.5, 0.6) is 0 Å². The van der Waals surface area contributed by atoms with Gasteiger partial charge < -0.3 is 4.42 Å². The molecule has 2 rings (SSSR count). The minimum absolute atomic E-state index is 0.0406. The number of hydrogen-bond donors (Lipinski definition) is 1. The molecule has 2 unspecified atom stereocenters. The normalized spacial score (nSPS) is 14.8. The summed E-state index contributed by atoms with van der Waals surface area (Å²) in [5, 5.41) is -0.0406. The van der Waals surface area contributed by atoms with Crippen LogP contribution >= 0.6 is 11.6 Å². The SMILES string of the molecule is CCCCC(C)C(Cl)c1ccc2[nH]c(=O)oc2c1. The summed E-state index contributed by atoms with van der Waals surface area (Å²) < 4.78 is 5.05. The number of fused-ring (bicyclic) bond motifs is 1. The third kappa shape index (κ3) is 2.78. The predicted molar refractivity (Wildman–Crippen MR) is 74.1 cm³/mol. The molecule has 0 spiro atoms. The third-order valence-electron chi connectivity index (χ3n) is 3.28. The first-order valence-corrected chi connectivity index (χ1v) is 6.82. The molecule has 0 amide bonds. The smallest absolute Gasteiger partial charge is 0.408 e. The van der Waals surface area contributed by atoms with Gasteiger partial charge in [-0.15, -0.1) is 11.6 Å². The summed E-state index contributed by atoms with van der Waals surface area (Å²) in [5.41, 5.74) is 2.30. The Morgan fingerprint density at radius 1 is 1.44 bits per heavy atom. The van der Waals surface area contributed by atoms with Gasteiger partial charge in [0, 0.05) is 0 Å². The fraction of sp³-hybridized carbons (Fsp3) is 0.500. The quantitative estimate of drug-likeness (QED) is 0.824. The number of alkyl halides is 1. The van der Waals surface area contributed by atoms with Crippen molar-refractivity contribution in [1.29, 1.82) is 0 Å². The maximum absolute atomic E-state index is 11.1. The first-order chi connectivity index (χ1) is 8.61. The van der Waals surface area contributed by atoms with Crippen LogP contribution in [0.15, 0.2) is 27.4 Å². The zero-order valence-electron chi connectivity index (χ0n) is 10.7. The highest BCUT2D eigenvalue weighted by atomic mass is 35.5. The first-order valence-electron chi connectivity index (χ1n) is 6.38. The van der Waals surface area contributed by atoms with Gasteiger partial charge in [-0.25, -0.2) is 4.79 Å². The molecule has 98 valence electrons. The number of H-pyrrole nitrogens is 1. The van der Waals surface area contributed by atoms with E-state index in [0.29, 0.717) is 17.0 Å². The largest absolute Gasteiger partial charge is 0.417 e. The number of unbranched alkanes of at least 4 members (excludes halogenated alkanes) is 1. The van der Waals surface area contributed by atoms with Crippen molar-refractivity contribution in [2.75, 3.05) is 0 Å². The van der Waals surface area contributed by atoms with E-state index in [-0.39, 0.29) is 5.38 Å². The topological polar surface area (TPSA) is 46.0 Å². The molecule has 0 aliphatic carbocycles. The van der Waals surface area contributed by atoms with E-state index >= 15 is 0 Å². The standard InChI is InChI=1S/C14H18ClNO2/c1-3-4-5-9(2)13(15)10-6-7-11-12(8-10)18-14(17)16-11/h6-9,13H,3-5H2,1-2H3,(H,16,17). The number of nitrogens with one attached hydrogen (secondary N) is 1. The summed E-state index contributed by atoms with van der Waals surface area (Å²) in [4.78, 5) is 13.7. The van der Waals surface area contributed by atoms with Crippen molar-refractivity contribution in [3.63, 3.8) is 0 Å². The second-order valence-electron chi connectivity index (χ2n) is 4.79. The number of oxazole rings is 1. The molecule has 0 aliphatic heterocycles. The van der Waals surface area contributed by atoms with E-state index in [0.717, 1.165) is 12.0 Å². The Morgan fingerprint density at radius 2 is 2.22 bits per heavy atom. The van der Waals surface area contributed by atoms with Crippen LogP contribution in [0.25, 0.3) is 11.1 Å². The molecule has 1 N–H and O–H groups in total. The second-order valence-corrected chi connectivity index (χ2v) is 5.26. The molecule has 1 aromatic heterocycles. The van der Waals surface area contributed by atoms with E-state index in [2.05, 4.69) is 18.8 Å². The molecule has 2 aromatic rings. The molecule has 1 heterocycles. The van der Waals surface area contributed by atoms with Gasteiger partial charge in [0.25, 0.3) is 0 Å². The average Bonchev–Trinajstić information content (AvgIpc) is 2.73. The fourth-order valence-electron chi connectivity index (χ4n) is 2.13. The molecule has 1 aromatic carbocycles. The van der Waals surface area contributed by atoms with Crippen molar-refractivity contribution in [2.24, 2.45) is 5.92 Å². The number of halogens is 1. The summed E-state index contributed by atoms with van der Waals surface area (Å²) >= 11 is 6.47. The lowest BCUT2D eigenvalue weighted by Crippen LogP contribution is -2.03. The van der Waals surface area contributed by atoms with Gasteiger partial charge in [0.05, 0.1) is 10.9 Å². The van der Waals surface area contributed by atoms with Gasteiger partial charge in [-0.1, -0.05) is 32.8 Å². The first kappa shape index (κ1) is 13.2. The molecule has 0 radical (unpaired) electrons. The Labute approximate surface area is 111 Å². The molecule has 2 atom stereocenters. The zero-order valence-corrected chi connectivity index (χ0v) is 11.5. The fourth-order valence-corrected chi connectivity index (χ4v) is 2.40. The number of hydrogen-bond acceptors (Lipinski definition) is 2. The van der Waals surface area contributed by atoms with Crippen molar-refractivity contribution in [3.8, 4) is 0 Å². The Hall–Kier alpha value is -1.22. The van der Waals surface area contributed by atoms with Crippen LogP contribution < -0.4 is 5.76 Å². The van der Waals surface area contributed by atoms with E-state index in [1.54, 1.807) is 0 Å². The van der Waals surface area contributed by atoms with Gasteiger partial charge in [-0.3, -0.25) is 4.98 Å². The van der Waals surface area contributed by atoms with Gasteiger partial charge in [-0.05, 0) is 30.0 Å². The number of benzene rings is 1. The van der Waals surface area contributed by atoms with E-state index in [1.165, 1.54) is 12.8 Å². The van der Waals surface area contributed by atoms with Crippen LogP contribution in [0.4, 0.5) is 0 Å². The summed E-state index contributed by atoms with van der Waals surface area (Å²) in [6.07, 6.45) is 3.48. The van der Waals surface area contributed by atoms with Crippen molar-refractivity contribution in [3.05, 3.63) is 34.3 Å².